The van der Waals surface area contributed by atoms with Crippen molar-refractivity contribution < 1.29 is 23.8 Å². The molecule has 3 aliphatic rings. The highest BCUT2D eigenvalue weighted by atomic mass is 16.7. The van der Waals surface area contributed by atoms with E-state index < -0.39 is 11.1 Å². The van der Waals surface area contributed by atoms with Crippen LogP contribution in [0.4, 0.5) is 4.79 Å². The van der Waals surface area contributed by atoms with Crippen LogP contribution in [0.1, 0.15) is 36.5 Å². The predicted octanol–water partition coefficient (Wildman–Crippen LogP) is 4.28. The highest BCUT2D eigenvalue weighted by Crippen LogP contribution is 2.52. The summed E-state index contributed by atoms with van der Waals surface area (Å²) in [7, 11) is 0. The molecule has 8 nitrogen and oxygen atoms in total. The molecule has 3 aliphatic heterocycles. The summed E-state index contributed by atoms with van der Waals surface area (Å²) in [5, 5.41) is 0. The van der Waals surface area contributed by atoms with E-state index in [0.29, 0.717) is 44.0 Å². The summed E-state index contributed by atoms with van der Waals surface area (Å²) < 4.78 is 17.1. The van der Waals surface area contributed by atoms with E-state index in [4.69, 9.17) is 14.2 Å². The Balaban J connectivity index is 1.23. The summed E-state index contributed by atoms with van der Waals surface area (Å²) in [6, 6.07) is 19.5. The maximum Gasteiger partial charge on any atom is 0.411 e. The minimum Gasteiger partial charge on any atom is -0.454 e. The van der Waals surface area contributed by atoms with Crippen LogP contribution in [0.15, 0.2) is 73.1 Å². The number of hydrogen-bond acceptors (Lipinski definition) is 6. The number of fused-ring (bicyclic) bond motifs is 1. The molecule has 3 aromatic rings. The Hall–Kier alpha value is -4.07. The predicted molar refractivity (Wildman–Crippen MR) is 135 cm³/mol. The van der Waals surface area contributed by atoms with Crippen molar-refractivity contribution in [1.82, 2.24) is 14.8 Å². The van der Waals surface area contributed by atoms with Gasteiger partial charge in [-0.3, -0.25) is 14.7 Å². The summed E-state index contributed by atoms with van der Waals surface area (Å²) in [4.78, 5) is 34.5. The van der Waals surface area contributed by atoms with Gasteiger partial charge in [-0.05, 0) is 41.8 Å². The first kappa shape index (κ1) is 23.3. The second-order valence-corrected chi connectivity index (χ2v) is 9.99. The van der Waals surface area contributed by atoms with E-state index in [-0.39, 0.29) is 25.2 Å². The lowest BCUT2D eigenvalue weighted by atomic mass is 9.70. The maximum atomic E-state index is 13.4. The molecule has 1 atom stereocenters. The Morgan fingerprint density at radius 2 is 1.76 bits per heavy atom. The third kappa shape index (κ3) is 3.97. The first-order valence-corrected chi connectivity index (χ1v) is 12.6. The van der Waals surface area contributed by atoms with E-state index in [1.807, 2.05) is 58.3 Å². The van der Waals surface area contributed by atoms with E-state index in [1.165, 1.54) is 0 Å². The summed E-state index contributed by atoms with van der Waals surface area (Å²) in [5.41, 5.74) is 1.40. The molecule has 6 rings (SSSR count). The highest BCUT2D eigenvalue weighted by molar-refractivity contribution is 5.79. The van der Waals surface area contributed by atoms with Crippen LogP contribution in [0.5, 0.6) is 11.5 Å². The van der Waals surface area contributed by atoms with Gasteiger partial charge in [0.05, 0.1) is 13.0 Å². The van der Waals surface area contributed by atoms with E-state index in [0.717, 1.165) is 16.7 Å². The van der Waals surface area contributed by atoms with Crippen molar-refractivity contribution in [2.45, 2.75) is 43.9 Å². The van der Waals surface area contributed by atoms with Gasteiger partial charge in [0.25, 0.3) is 0 Å². The zero-order valence-corrected chi connectivity index (χ0v) is 20.8. The number of nitrogens with zero attached hydrogens (tertiary/aromatic N) is 3. The summed E-state index contributed by atoms with van der Waals surface area (Å²) in [6.07, 6.45) is 4.56. The van der Waals surface area contributed by atoms with Gasteiger partial charge in [-0.1, -0.05) is 42.5 Å². The van der Waals surface area contributed by atoms with Crippen molar-refractivity contribution in [2.24, 2.45) is 0 Å². The molecule has 37 heavy (non-hydrogen) atoms. The van der Waals surface area contributed by atoms with Crippen LogP contribution in [0.2, 0.25) is 0 Å². The van der Waals surface area contributed by atoms with Gasteiger partial charge in [0.2, 0.25) is 12.7 Å². The molecule has 0 aliphatic carbocycles. The number of pyridine rings is 1. The van der Waals surface area contributed by atoms with Gasteiger partial charge in [-0.15, -0.1) is 0 Å². The molecule has 0 bridgehead atoms. The number of piperidine rings is 1. The average molecular weight is 500 g/mol. The van der Waals surface area contributed by atoms with Gasteiger partial charge in [0.15, 0.2) is 11.5 Å². The third-order valence-corrected chi connectivity index (χ3v) is 8.05. The second kappa shape index (κ2) is 9.10. The van der Waals surface area contributed by atoms with E-state index in [2.05, 4.69) is 24.0 Å². The molecule has 1 spiro atoms. The fourth-order valence-corrected chi connectivity index (χ4v) is 5.87. The zero-order chi connectivity index (χ0) is 25.5. The SMILES string of the molecule is CC1(c2ccccc2)N(Cc2cccnc2)C(=O)OC12CCN(C(=O)Cc1ccc3c(c1)OCO3)CC2. The summed E-state index contributed by atoms with van der Waals surface area (Å²) >= 11 is 0. The number of aromatic nitrogens is 1. The lowest BCUT2D eigenvalue weighted by Crippen LogP contribution is -2.59. The first-order chi connectivity index (χ1) is 18.0. The van der Waals surface area contributed by atoms with Crippen LogP contribution in [0.3, 0.4) is 0 Å². The molecule has 4 heterocycles. The number of benzene rings is 2. The van der Waals surface area contributed by atoms with E-state index in [9.17, 15) is 9.59 Å². The smallest absolute Gasteiger partial charge is 0.411 e. The molecule has 8 heteroatoms. The Morgan fingerprint density at radius 3 is 2.51 bits per heavy atom. The largest absolute Gasteiger partial charge is 0.454 e. The highest BCUT2D eigenvalue weighted by Gasteiger charge is 2.63. The number of amides is 2. The second-order valence-electron chi connectivity index (χ2n) is 9.99. The molecule has 2 aromatic carbocycles. The normalized spacial score (nSPS) is 21.8. The molecular formula is C29H29N3O5. The quantitative estimate of drug-likeness (QED) is 0.521. The van der Waals surface area contributed by atoms with Crippen molar-refractivity contribution in [1.29, 1.82) is 0 Å². The van der Waals surface area contributed by atoms with Gasteiger partial charge >= 0.3 is 6.09 Å². The zero-order valence-electron chi connectivity index (χ0n) is 20.8. The fraction of sp³-hybridized carbons (Fsp3) is 0.345. The van der Waals surface area contributed by atoms with E-state index in [1.54, 1.807) is 12.4 Å². The number of rotatable bonds is 5. The lowest BCUT2D eigenvalue weighted by Gasteiger charge is -2.48. The monoisotopic (exact) mass is 499 g/mol. The first-order valence-electron chi connectivity index (χ1n) is 12.6. The van der Waals surface area contributed by atoms with Gasteiger partial charge in [0, 0.05) is 38.3 Å². The Morgan fingerprint density at radius 1 is 0.973 bits per heavy atom. The van der Waals surface area contributed by atoms with Gasteiger partial charge in [-0.2, -0.15) is 0 Å². The van der Waals surface area contributed by atoms with Crippen LogP contribution in [-0.2, 0) is 28.0 Å². The fourth-order valence-electron chi connectivity index (χ4n) is 5.87. The molecule has 0 N–H and O–H groups in total. The van der Waals surface area contributed by atoms with E-state index >= 15 is 0 Å². The van der Waals surface area contributed by atoms with Crippen LogP contribution in [0, 0.1) is 0 Å². The number of ether oxygens (including phenoxy) is 3. The molecule has 0 saturated carbocycles. The average Bonchev–Trinajstić information content (AvgIpc) is 3.47. The molecule has 1 unspecified atom stereocenters. The van der Waals surface area contributed by atoms with Gasteiger partial charge in [0.1, 0.15) is 11.1 Å². The molecule has 2 fully saturated rings. The topological polar surface area (TPSA) is 81.2 Å². The van der Waals surface area contributed by atoms with Gasteiger partial charge in [-0.25, -0.2) is 4.79 Å². The van der Waals surface area contributed by atoms with Crippen molar-refractivity contribution in [3.8, 4) is 11.5 Å². The van der Waals surface area contributed by atoms with Crippen molar-refractivity contribution in [2.75, 3.05) is 19.9 Å². The Bertz CT molecular complexity index is 1310. The minimum atomic E-state index is -0.747. The third-order valence-electron chi connectivity index (χ3n) is 8.05. The molecular weight excluding hydrogens is 470 g/mol. The standard InChI is InChI=1S/C29H29N3O5/c1-28(23-7-3-2-4-8-23)29(37-27(34)32(28)19-22-6-5-13-30-18-22)11-14-31(15-12-29)26(33)17-21-9-10-24-25(16-21)36-20-35-24/h2-10,13,16,18H,11-12,14-15,17,19-20H2,1H3. The van der Waals surface area contributed by atoms with Crippen molar-refractivity contribution in [3.63, 3.8) is 0 Å². The van der Waals surface area contributed by atoms with Gasteiger partial charge < -0.3 is 19.1 Å². The van der Waals surface area contributed by atoms with Crippen LogP contribution in [0.25, 0.3) is 0 Å². The minimum absolute atomic E-state index is 0.0478. The molecule has 190 valence electrons. The number of likely N-dealkylation sites (tertiary alicyclic amines) is 1. The Kier molecular flexibility index (Phi) is 5.74. The molecule has 2 saturated heterocycles. The maximum absolute atomic E-state index is 13.4. The molecule has 2 amide bonds. The van der Waals surface area contributed by atoms with Crippen molar-refractivity contribution >= 4 is 12.0 Å². The summed E-state index contributed by atoms with van der Waals surface area (Å²) in [6.45, 7) is 3.72. The van der Waals surface area contributed by atoms with Crippen LogP contribution >= 0.6 is 0 Å². The van der Waals surface area contributed by atoms with Crippen molar-refractivity contribution in [3.05, 3.63) is 89.7 Å². The number of carbonyl (C=O) groups is 2. The number of hydrogen-bond donors (Lipinski definition) is 0. The van der Waals surface area contributed by atoms with Crippen LogP contribution < -0.4 is 9.47 Å². The molecule has 1 aromatic heterocycles. The summed E-state index contributed by atoms with van der Waals surface area (Å²) in [5.74, 6) is 1.43. The Labute approximate surface area is 215 Å². The lowest BCUT2D eigenvalue weighted by molar-refractivity contribution is -0.136. The number of carbonyl (C=O) groups excluding carboxylic acids is 2. The van der Waals surface area contributed by atoms with Crippen LogP contribution in [-0.4, -0.2) is 52.3 Å². The molecule has 0 radical (unpaired) electrons.